The number of thiophene rings is 1. The first-order valence-electron chi connectivity index (χ1n) is 7.86. The van der Waals surface area contributed by atoms with Crippen molar-refractivity contribution in [1.82, 2.24) is 10.2 Å². The number of nitrogens with zero attached hydrogens (tertiary/aromatic N) is 1. The van der Waals surface area contributed by atoms with Crippen LogP contribution in [0.4, 0.5) is 0 Å². The lowest BCUT2D eigenvalue weighted by Gasteiger charge is -2.36. The van der Waals surface area contributed by atoms with E-state index >= 15 is 0 Å². The van der Waals surface area contributed by atoms with Crippen molar-refractivity contribution in [3.8, 4) is 0 Å². The van der Waals surface area contributed by atoms with Gasteiger partial charge in [-0.25, -0.2) is 0 Å². The largest absolute Gasteiger partial charge is 0.379 e. The molecule has 21 heavy (non-hydrogen) atoms. The van der Waals surface area contributed by atoms with Gasteiger partial charge in [0, 0.05) is 36.6 Å². The summed E-state index contributed by atoms with van der Waals surface area (Å²) in [6.07, 6.45) is 1.23. The standard InChI is InChI=1S/C16H27ClN2OS/c1-12(2)10-14(19-6-8-20-9-7-19)11-18-13(3)15-4-5-16(17)21-15/h4-5,12-14,18H,6-11H2,1-3H3. The number of morpholine rings is 1. The molecule has 1 saturated heterocycles. The molecule has 1 aliphatic rings. The van der Waals surface area contributed by atoms with Crippen molar-refractivity contribution in [3.63, 3.8) is 0 Å². The first-order valence-corrected chi connectivity index (χ1v) is 9.06. The molecular weight excluding hydrogens is 304 g/mol. The topological polar surface area (TPSA) is 24.5 Å². The molecule has 2 heterocycles. The van der Waals surface area contributed by atoms with Crippen molar-refractivity contribution in [3.05, 3.63) is 21.3 Å². The zero-order chi connectivity index (χ0) is 15.2. The van der Waals surface area contributed by atoms with E-state index in [4.69, 9.17) is 16.3 Å². The van der Waals surface area contributed by atoms with Gasteiger partial charge in [0.25, 0.3) is 0 Å². The third-order valence-electron chi connectivity index (χ3n) is 3.99. The van der Waals surface area contributed by atoms with Crippen LogP contribution < -0.4 is 5.32 Å². The van der Waals surface area contributed by atoms with Crippen LogP contribution in [0, 0.1) is 5.92 Å². The fourth-order valence-electron chi connectivity index (χ4n) is 2.82. The lowest BCUT2D eigenvalue weighted by molar-refractivity contribution is 0.0119. The van der Waals surface area contributed by atoms with Crippen molar-refractivity contribution in [1.29, 1.82) is 0 Å². The number of nitrogens with one attached hydrogen (secondary N) is 1. The average molecular weight is 331 g/mol. The van der Waals surface area contributed by atoms with E-state index in [-0.39, 0.29) is 0 Å². The molecule has 0 radical (unpaired) electrons. The van der Waals surface area contributed by atoms with Crippen LogP contribution in [0.1, 0.15) is 38.1 Å². The van der Waals surface area contributed by atoms with Crippen LogP contribution >= 0.6 is 22.9 Å². The third-order valence-corrected chi connectivity index (χ3v) is 5.40. The molecule has 1 aromatic heterocycles. The van der Waals surface area contributed by atoms with E-state index in [0.717, 1.165) is 37.2 Å². The van der Waals surface area contributed by atoms with Crippen LogP contribution in [-0.2, 0) is 4.74 Å². The van der Waals surface area contributed by atoms with E-state index in [1.54, 1.807) is 11.3 Å². The highest BCUT2D eigenvalue weighted by atomic mass is 35.5. The monoisotopic (exact) mass is 330 g/mol. The summed E-state index contributed by atoms with van der Waals surface area (Å²) in [7, 11) is 0. The molecule has 3 nitrogen and oxygen atoms in total. The fourth-order valence-corrected chi connectivity index (χ4v) is 3.91. The summed E-state index contributed by atoms with van der Waals surface area (Å²) in [5.41, 5.74) is 0. The van der Waals surface area contributed by atoms with Crippen LogP contribution in [0.2, 0.25) is 4.34 Å². The second-order valence-corrected chi connectivity index (χ2v) is 7.95. The summed E-state index contributed by atoms with van der Waals surface area (Å²) in [5.74, 6) is 0.714. The summed E-state index contributed by atoms with van der Waals surface area (Å²) >= 11 is 7.69. The maximum Gasteiger partial charge on any atom is 0.0931 e. The summed E-state index contributed by atoms with van der Waals surface area (Å²) in [6, 6.07) is 5.05. The lowest BCUT2D eigenvalue weighted by Crippen LogP contribution is -2.48. The van der Waals surface area contributed by atoms with Crippen molar-refractivity contribution in [2.45, 2.75) is 39.3 Å². The Kier molecular flexibility index (Phi) is 6.96. The molecule has 0 aromatic carbocycles. The molecule has 5 heteroatoms. The Bertz CT molecular complexity index is 418. The molecule has 1 aromatic rings. The van der Waals surface area contributed by atoms with E-state index in [0.29, 0.717) is 18.0 Å². The van der Waals surface area contributed by atoms with Gasteiger partial charge in [-0.2, -0.15) is 0 Å². The Morgan fingerprint density at radius 3 is 2.57 bits per heavy atom. The number of rotatable bonds is 7. The van der Waals surface area contributed by atoms with Gasteiger partial charge in [-0.15, -0.1) is 11.3 Å². The zero-order valence-electron chi connectivity index (χ0n) is 13.3. The molecular formula is C16H27ClN2OS. The molecule has 2 rings (SSSR count). The highest BCUT2D eigenvalue weighted by Gasteiger charge is 2.22. The van der Waals surface area contributed by atoms with Gasteiger partial charge in [-0.05, 0) is 31.4 Å². The summed E-state index contributed by atoms with van der Waals surface area (Å²) in [5, 5.41) is 3.68. The predicted octanol–water partition coefficient (Wildman–Crippen LogP) is 3.80. The second kappa shape index (κ2) is 8.49. The normalized spacial score (nSPS) is 19.9. The Hall–Kier alpha value is -0.130. The van der Waals surface area contributed by atoms with Crippen molar-refractivity contribution in [2.75, 3.05) is 32.8 Å². The van der Waals surface area contributed by atoms with E-state index < -0.39 is 0 Å². The van der Waals surface area contributed by atoms with Crippen molar-refractivity contribution in [2.24, 2.45) is 5.92 Å². The molecule has 0 amide bonds. The molecule has 2 unspecified atom stereocenters. The minimum Gasteiger partial charge on any atom is -0.379 e. The molecule has 2 atom stereocenters. The minimum absolute atomic E-state index is 0.359. The maximum absolute atomic E-state index is 6.03. The highest BCUT2D eigenvalue weighted by Crippen LogP contribution is 2.26. The summed E-state index contributed by atoms with van der Waals surface area (Å²) < 4.78 is 6.34. The van der Waals surface area contributed by atoms with Crippen LogP contribution in [0.25, 0.3) is 0 Å². The highest BCUT2D eigenvalue weighted by molar-refractivity contribution is 7.16. The zero-order valence-corrected chi connectivity index (χ0v) is 14.8. The molecule has 0 aliphatic carbocycles. The third kappa shape index (κ3) is 5.53. The Balaban J connectivity index is 1.88. The molecule has 1 fully saturated rings. The molecule has 1 aliphatic heterocycles. The maximum atomic E-state index is 6.03. The number of ether oxygens (including phenoxy) is 1. The van der Waals surface area contributed by atoms with Crippen molar-refractivity contribution >= 4 is 22.9 Å². The Morgan fingerprint density at radius 2 is 2.00 bits per heavy atom. The summed E-state index contributed by atoms with van der Waals surface area (Å²) in [6.45, 7) is 11.7. The van der Waals surface area contributed by atoms with Gasteiger partial charge in [0.1, 0.15) is 0 Å². The molecule has 1 N–H and O–H groups in total. The van der Waals surface area contributed by atoms with E-state index in [9.17, 15) is 0 Å². The van der Waals surface area contributed by atoms with Crippen LogP contribution in [0.3, 0.4) is 0 Å². The Labute approximate surface area is 137 Å². The van der Waals surface area contributed by atoms with Gasteiger partial charge in [0.05, 0.1) is 17.6 Å². The Morgan fingerprint density at radius 1 is 1.29 bits per heavy atom. The molecule has 0 saturated carbocycles. The van der Waals surface area contributed by atoms with Crippen LogP contribution in [0.5, 0.6) is 0 Å². The van der Waals surface area contributed by atoms with Gasteiger partial charge in [-0.1, -0.05) is 25.4 Å². The quantitative estimate of drug-likeness (QED) is 0.823. The minimum atomic E-state index is 0.359. The van der Waals surface area contributed by atoms with Crippen LogP contribution in [-0.4, -0.2) is 43.8 Å². The number of hydrogen-bond acceptors (Lipinski definition) is 4. The van der Waals surface area contributed by atoms with Gasteiger partial charge in [0.15, 0.2) is 0 Å². The van der Waals surface area contributed by atoms with Gasteiger partial charge >= 0.3 is 0 Å². The van der Waals surface area contributed by atoms with E-state index in [1.807, 2.05) is 6.07 Å². The number of hydrogen-bond donors (Lipinski definition) is 1. The van der Waals surface area contributed by atoms with Crippen molar-refractivity contribution < 1.29 is 4.74 Å². The lowest BCUT2D eigenvalue weighted by atomic mass is 10.0. The SMILES string of the molecule is CC(C)CC(CNC(C)c1ccc(Cl)s1)N1CCOCC1. The first-order chi connectivity index (χ1) is 10.1. The van der Waals surface area contributed by atoms with Gasteiger partial charge in [-0.3, -0.25) is 4.90 Å². The summed E-state index contributed by atoms with van der Waals surface area (Å²) in [4.78, 5) is 3.88. The first kappa shape index (κ1) is 17.2. The molecule has 120 valence electrons. The fraction of sp³-hybridized carbons (Fsp3) is 0.750. The van der Waals surface area contributed by atoms with E-state index in [2.05, 4.69) is 37.1 Å². The average Bonchev–Trinajstić information content (AvgIpc) is 2.90. The van der Waals surface area contributed by atoms with E-state index in [1.165, 1.54) is 11.3 Å². The van der Waals surface area contributed by atoms with Gasteiger partial charge in [0.2, 0.25) is 0 Å². The van der Waals surface area contributed by atoms with Gasteiger partial charge < -0.3 is 10.1 Å². The predicted molar refractivity (Wildman–Crippen MR) is 91.4 cm³/mol. The number of halogens is 1. The second-order valence-electron chi connectivity index (χ2n) is 6.20. The smallest absolute Gasteiger partial charge is 0.0931 e. The van der Waals surface area contributed by atoms with Crippen LogP contribution in [0.15, 0.2) is 12.1 Å². The molecule has 0 spiro atoms. The molecule has 0 bridgehead atoms.